The maximum atomic E-state index is 5.50. The van der Waals surface area contributed by atoms with Gasteiger partial charge in [-0.3, -0.25) is 0 Å². The lowest BCUT2D eigenvalue weighted by molar-refractivity contribution is 0.122. The Bertz CT molecular complexity index is 995. The molecular formula is C22H29N7O2. The number of rotatable bonds is 8. The van der Waals surface area contributed by atoms with Gasteiger partial charge in [0, 0.05) is 38.3 Å². The molecule has 1 aliphatic rings. The molecule has 1 saturated heterocycles. The zero-order chi connectivity index (χ0) is 21.6. The van der Waals surface area contributed by atoms with E-state index in [1.165, 1.54) is 5.56 Å². The van der Waals surface area contributed by atoms with Crippen LogP contribution in [0.2, 0.25) is 0 Å². The van der Waals surface area contributed by atoms with Crippen LogP contribution in [0.25, 0.3) is 22.8 Å². The lowest BCUT2D eigenvalue weighted by Crippen LogP contribution is -2.37. The summed E-state index contributed by atoms with van der Waals surface area (Å²) in [5.74, 6) is 2.58. The van der Waals surface area contributed by atoms with Crippen LogP contribution in [-0.2, 0) is 11.3 Å². The van der Waals surface area contributed by atoms with E-state index < -0.39 is 0 Å². The highest BCUT2D eigenvalue weighted by molar-refractivity contribution is 5.66. The number of aryl methyl sites for hydroxylation is 2. The summed E-state index contributed by atoms with van der Waals surface area (Å²) in [6.07, 6.45) is 0. The monoisotopic (exact) mass is 423 g/mol. The van der Waals surface area contributed by atoms with Crippen LogP contribution in [0.4, 0.5) is 5.95 Å². The van der Waals surface area contributed by atoms with Crippen molar-refractivity contribution in [2.24, 2.45) is 0 Å². The lowest BCUT2D eigenvalue weighted by atomic mass is 10.1. The lowest BCUT2D eigenvalue weighted by Gasteiger charge is -2.27. The van der Waals surface area contributed by atoms with Crippen LogP contribution in [-0.4, -0.2) is 66.5 Å². The van der Waals surface area contributed by atoms with E-state index in [-0.39, 0.29) is 0 Å². The quantitative estimate of drug-likeness (QED) is 0.527. The van der Waals surface area contributed by atoms with Gasteiger partial charge in [0.15, 0.2) is 11.6 Å². The van der Waals surface area contributed by atoms with Gasteiger partial charge in [0.2, 0.25) is 5.95 Å². The van der Waals surface area contributed by atoms with Crippen molar-refractivity contribution >= 4 is 5.95 Å². The molecule has 0 spiro atoms. The molecule has 1 aromatic carbocycles. The fraction of sp³-hybridized carbons (Fsp3) is 0.455. The minimum absolute atomic E-state index is 0.584. The number of likely N-dealkylation sites (N-methyl/N-ethyl adjacent to an activating group) is 1. The SMILES string of the molecule is CNCCNCc1cccc(-c2nc(-c3c(C)noc3C)nc(N3CCOCC3)n2)c1. The van der Waals surface area contributed by atoms with Crippen molar-refractivity contribution < 1.29 is 9.26 Å². The molecule has 1 fully saturated rings. The van der Waals surface area contributed by atoms with Gasteiger partial charge in [0.1, 0.15) is 5.76 Å². The van der Waals surface area contributed by atoms with Gasteiger partial charge >= 0.3 is 0 Å². The Hall–Kier alpha value is -2.88. The fourth-order valence-electron chi connectivity index (χ4n) is 3.58. The molecular weight excluding hydrogens is 394 g/mol. The minimum Gasteiger partial charge on any atom is -0.378 e. The van der Waals surface area contributed by atoms with Crippen molar-refractivity contribution in [2.45, 2.75) is 20.4 Å². The van der Waals surface area contributed by atoms with E-state index in [1.807, 2.05) is 33.0 Å². The molecule has 31 heavy (non-hydrogen) atoms. The van der Waals surface area contributed by atoms with Crippen LogP contribution >= 0.6 is 0 Å². The van der Waals surface area contributed by atoms with Crippen LogP contribution in [0.3, 0.4) is 0 Å². The Balaban J connectivity index is 1.70. The Labute approximate surface area is 182 Å². The van der Waals surface area contributed by atoms with Crippen LogP contribution in [0.15, 0.2) is 28.8 Å². The van der Waals surface area contributed by atoms with Gasteiger partial charge in [-0.25, -0.2) is 4.98 Å². The third kappa shape index (κ3) is 5.07. The molecule has 1 aliphatic heterocycles. The van der Waals surface area contributed by atoms with E-state index in [0.717, 1.165) is 49.5 Å². The first-order valence-corrected chi connectivity index (χ1v) is 10.6. The standard InChI is InChI=1S/C22H29N7O2/c1-15-19(16(2)31-28-15)21-25-20(26-22(27-21)29-9-11-30-12-10-29)18-6-4-5-17(13-18)14-24-8-7-23-3/h4-6,13,23-24H,7-12,14H2,1-3H3. The van der Waals surface area contributed by atoms with Crippen LogP contribution in [0, 0.1) is 13.8 Å². The van der Waals surface area contributed by atoms with E-state index >= 15 is 0 Å². The molecule has 0 radical (unpaired) electrons. The second-order valence-corrected chi connectivity index (χ2v) is 7.56. The number of hydrogen-bond acceptors (Lipinski definition) is 9. The highest BCUT2D eigenvalue weighted by Crippen LogP contribution is 2.28. The molecule has 0 atom stereocenters. The minimum atomic E-state index is 0.584. The van der Waals surface area contributed by atoms with E-state index in [0.29, 0.717) is 36.6 Å². The number of aromatic nitrogens is 4. The summed E-state index contributed by atoms with van der Waals surface area (Å²) in [7, 11) is 1.95. The van der Waals surface area contributed by atoms with Crippen molar-refractivity contribution in [3.8, 4) is 22.8 Å². The molecule has 9 nitrogen and oxygen atoms in total. The average molecular weight is 424 g/mol. The summed E-state index contributed by atoms with van der Waals surface area (Å²) in [5.41, 5.74) is 3.73. The van der Waals surface area contributed by atoms with Crippen LogP contribution in [0.1, 0.15) is 17.0 Å². The number of nitrogens with one attached hydrogen (secondary N) is 2. The molecule has 164 valence electrons. The maximum absolute atomic E-state index is 5.50. The Kier molecular flexibility index (Phi) is 6.86. The molecule has 0 unspecified atom stereocenters. The molecule has 4 rings (SSSR count). The highest BCUT2D eigenvalue weighted by Gasteiger charge is 2.21. The fourth-order valence-corrected chi connectivity index (χ4v) is 3.58. The van der Waals surface area contributed by atoms with E-state index in [9.17, 15) is 0 Å². The summed E-state index contributed by atoms with van der Waals surface area (Å²) < 4.78 is 10.9. The summed E-state index contributed by atoms with van der Waals surface area (Å²) in [6, 6.07) is 8.31. The molecule has 3 heterocycles. The Morgan fingerprint density at radius 3 is 2.58 bits per heavy atom. The number of benzene rings is 1. The Morgan fingerprint density at radius 1 is 1.03 bits per heavy atom. The molecule has 0 amide bonds. The third-order valence-corrected chi connectivity index (χ3v) is 5.24. The smallest absolute Gasteiger partial charge is 0.229 e. The molecule has 9 heteroatoms. The first kappa shape index (κ1) is 21.4. The Morgan fingerprint density at radius 2 is 1.84 bits per heavy atom. The van der Waals surface area contributed by atoms with Crippen LogP contribution in [0.5, 0.6) is 0 Å². The summed E-state index contributed by atoms with van der Waals surface area (Å²) in [4.78, 5) is 16.5. The van der Waals surface area contributed by atoms with Crippen LogP contribution < -0.4 is 15.5 Å². The van der Waals surface area contributed by atoms with Crippen molar-refractivity contribution in [3.63, 3.8) is 0 Å². The first-order valence-electron chi connectivity index (χ1n) is 10.6. The van der Waals surface area contributed by atoms with Gasteiger partial charge in [-0.2, -0.15) is 9.97 Å². The molecule has 0 bridgehead atoms. The van der Waals surface area contributed by atoms with Gasteiger partial charge < -0.3 is 24.8 Å². The van der Waals surface area contributed by atoms with Gasteiger partial charge in [-0.1, -0.05) is 23.4 Å². The van der Waals surface area contributed by atoms with Crippen molar-refractivity contribution in [2.75, 3.05) is 51.3 Å². The molecule has 0 aliphatic carbocycles. The van der Waals surface area contributed by atoms with Crippen molar-refractivity contribution in [3.05, 3.63) is 41.3 Å². The van der Waals surface area contributed by atoms with Gasteiger partial charge in [0.05, 0.1) is 24.5 Å². The van der Waals surface area contributed by atoms with Crippen molar-refractivity contribution in [1.29, 1.82) is 0 Å². The normalized spacial score (nSPS) is 14.2. The van der Waals surface area contributed by atoms with Gasteiger partial charge in [-0.15, -0.1) is 0 Å². The molecule has 2 N–H and O–H groups in total. The van der Waals surface area contributed by atoms with E-state index in [2.05, 4.69) is 32.8 Å². The number of ether oxygens (including phenoxy) is 1. The molecule has 2 aromatic heterocycles. The number of anilines is 1. The second-order valence-electron chi connectivity index (χ2n) is 7.56. The first-order chi connectivity index (χ1) is 15.2. The highest BCUT2D eigenvalue weighted by atomic mass is 16.5. The zero-order valence-electron chi connectivity index (χ0n) is 18.3. The number of morpholine rings is 1. The van der Waals surface area contributed by atoms with Gasteiger partial charge in [0.25, 0.3) is 0 Å². The molecule has 3 aromatic rings. The zero-order valence-corrected chi connectivity index (χ0v) is 18.3. The third-order valence-electron chi connectivity index (χ3n) is 5.24. The topological polar surface area (TPSA) is 101 Å². The average Bonchev–Trinajstić information content (AvgIpc) is 3.15. The van der Waals surface area contributed by atoms with Gasteiger partial charge in [-0.05, 0) is 32.5 Å². The van der Waals surface area contributed by atoms with E-state index in [4.69, 9.17) is 24.2 Å². The summed E-state index contributed by atoms with van der Waals surface area (Å²) >= 11 is 0. The second kappa shape index (κ2) is 9.95. The van der Waals surface area contributed by atoms with Crippen molar-refractivity contribution in [1.82, 2.24) is 30.7 Å². The summed E-state index contributed by atoms with van der Waals surface area (Å²) in [6.45, 7) is 9.23. The summed E-state index contributed by atoms with van der Waals surface area (Å²) in [5, 5.41) is 10.7. The maximum Gasteiger partial charge on any atom is 0.229 e. The largest absolute Gasteiger partial charge is 0.378 e. The molecule has 0 saturated carbocycles. The number of nitrogens with zero attached hydrogens (tertiary/aromatic N) is 5. The predicted molar refractivity (Wildman–Crippen MR) is 119 cm³/mol. The number of hydrogen-bond donors (Lipinski definition) is 2. The van der Waals surface area contributed by atoms with E-state index in [1.54, 1.807) is 0 Å². The predicted octanol–water partition coefficient (Wildman–Crippen LogP) is 1.96.